The predicted molar refractivity (Wildman–Crippen MR) is 101 cm³/mol. The second-order valence-corrected chi connectivity index (χ2v) is 7.70. The number of alkyl halides is 3. The minimum Gasteiger partial charge on any atom is -0.468 e. The first-order valence-corrected chi connectivity index (χ1v) is 9.86. The fourth-order valence-corrected chi connectivity index (χ4v) is 3.29. The number of nitrogens with zero attached hydrogens (tertiary/aromatic N) is 1. The van der Waals surface area contributed by atoms with Gasteiger partial charge < -0.3 is 9.32 Å². The number of sulfonamides is 1. The molecular weight excluding hydrogens is 409 g/mol. The number of hydrogen-bond donors (Lipinski definition) is 1. The van der Waals surface area contributed by atoms with Crippen molar-refractivity contribution in [2.75, 3.05) is 13.1 Å². The molecule has 0 unspecified atom stereocenters. The Labute approximate surface area is 166 Å². The van der Waals surface area contributed by atoms with Crippen molar-refractivity contribution in [2.24, 2.45) is 0 Å². The monoisotopic (exact) mass is 428 g/mol. The first-order valence-electron chi connectivity index (χ1n) is 8.37. The van der Waals surface area contributed by atoms with E-state index in [9.17, 15) is 26.4 Å². The Balaban J connectivity index is 2.03. The Bertz CT molecular complexity index is 950. The van der Waals surface area contributed by atoms with E-state index >= 15 is 0 Å². The standard InChI is InChI=1S/C19H19F3N2O4S/c1-2-11-24(14-19(20,21)22)18(25)10-7-15-5-8-17(9-6-15)29(26,27)23-13-16-4-3-12-28-16/h2-10,12,23H,1,11,13-14H2/b10-7-. The summed E-state index contributed by atoms with van der Waals surface area (Å²) in [6.07, 6.45) is 0.407. The number of rotatable bonds is 9. The molecule has 6 nitrogen and oxygen atoms in total. The molecule has 1 amide bonds. The van der Waals surface area contributed by atoms with Gasteiger partial charge in [-0.05, 0) is 35.9 Å². The van der Waals surface area contributed by atoms with Crippen LogP contribution in [0.3, 0.4) is 0 Å². The molecule has 1 aromatic heterocycles. The highest BCUT2D eigenvalue weighted by Crippen LogP contribution is 2.17. The van der Waals surface area contributed by atoms with Crippen LogP contribution < -0.4 is 4.72 Å². The van der Waals surface area contributed by atoms with E-state index in [2.05, 4.69) is 11.3 Å². The Morgan fingerprint density at radius 3 is 2.45 bits per heavy atom. The number of carbonyl (C=O) groups excluding carboxylic acids is 1. The third-order valence-electron chi connectivity index (χ3n) is 3.66. The third-order valence-corrected chi connectivity index (χ3v) is 5.07. The van der Waals surface area contributed by atoms with Crippen LogP contribution in [0.1, 0.15) is 11.3 Å². The summed E-state index contributed by atoms with van der Waals surface area (Å²) in [6.45, 7) is 1.69. The second kappa shape index (κ2) is 9.57. The average molecular weight is 428 g/mol. The molecule has 0 aliphatic carbocycles. The van der Waals surface area contributed by atoms with Crippen molar-refractivity contribution in [2.45, 2.75) is 17.6 Å². The van der Waals surface area contributed by atoms with Crippen LogP contribution in [0.5, 0.6) is 0 Å². The second-order valence-electron chi connectivity index (χ2n) is 5.93. The van der Waals surface area contributed by atoms with Crippen molar-refractivity contribution >= 4 is 22.0 Å². The Morgan fingerprint density at radius 2 is 1.90 bits per heavy atom. The quantitative estimate of drug-likeness (QED) is 0.491. The van der Waals surface area contributed by atoms with Crippen molar-refractivity contribution in [3.63, 3.8) is 0 Å². The molecule has 2 aromatic rings. The lowest BCUT2D eigenvalue weighted by molar-refractivity contribution is -0.157. The summed E-state index contributed by atoms with van der Waals surface area (Å²) in [5, 5.41) is 0. The summed E-state index contributed by atoms with van der Waals surface area (Å²) in [6, 6.07) is 8.79. The maximum absolute atomic E-state index is 12.5. The molecule has 0 aliphatic rings. The van der Waals surface area contributed by atoms with Crippen LogP contribution in [-0.2, 0) is 21.4 Å². The van der Waals surface area contributed by atoms with Gasteiger partial charge >= 0.3 is 6.18 Å². The smallest absolute Gasteiger partial charge is 0.406 e. The van der Waals surface area contributed by atoms with E-state index in [0.717, 1.165) is 6.08 Å². The summed E-state index contributed by atoms with van der Waals surface area (Å²) in [5.41, 5.74) is 0.453. The molecule has 0 atom stereocenters. The summed E-state index contributed by atoms with van der Waals surface area (Å²) in [4.78, 5) is 12.6. The highest BCUT2D eigenvalue weighted by atomic mass is 32.2. The minimum absolute atomic E-state index is 0.00196. The Kier molecular flexibility index (Phi) is 7.40. The minimum atomic E-state index is -4.52. The number of nitrogens with one attached hydrogen (secondary N) is 1. The zero-order valence-electron chi connectivity index (χ0n) is 15.2. The van der Waals surface area contributed by atoms with Gasteiger partial charge in [0.25, 0.3) is 0 Å². The zero-order valence-corrected chi connectivity index (χ0v) is 16.0. The molecule has 29 heavy (non-hydrogen) atoms. The fraction of sp³-hybridized carbons (Fsp3) is 0.211. The first-order chi connectivity index (χ1) is 13.6. The van der Waals surface area contributed by atoms with Gasteiger partial charge in [-0.25, -0.2) is 13.1 Å². The topological polar surface area (TPSA) is 79.6 Å². The third kappa shape index (κ3) is 7.24. The molecule has 0 saturated carbocycles. The van der Waals surface area contributed by atoms with Gasteiger partial charge in [0.05, 0.1) is 17.7 Å². The predicted octanol–water partition coefficient (Wildman–Crippen LogP) is 3.35. The van der Waals surface area contributed by atoms with E-state index in [0.29, 0.717) is 16.2 Å². The molecule has 0 saturated heterocycles. The SMILES string of the molecule is C=CCN(CC(F)(F)F)C(=O)/C=C\c1ccc(S(=O)(=O)NCc2ccco2)cc1. The molecule has 1 heterocycles. The van der Waals surface area contributed by atoms with Gasteiger partial charge in [-0.15, -0.1) is 6.58 Å². The van der Waals surface area contributed by atoms with E-state index in [4.69, 9.17) is 4.42 Å². The molecule has 1 N–H and O–H groups in total. The first kappa shape index (κ1) is 22.4. The zero-order chi connectivity index (χ0) is 21.5. The number of halogens is 3. The molecule has 1 aromatic carbocycles. The summed E-state index contributed by atoms with van der Waals surface area (Å²) >= 11 is 0. The highest BCUT2D eigenvalue weighted by molar-refractivity contribution is 7.89. The molecule has 10 heteroatoms. The van der Waals surface area contributed by atoms with Crippen molar-refractivity contribution in [1.82, 2.24) is 9.62 Å². The van der Waals surface area contributed by atoms with Crippen LogP contribution in [0.2, 0.25) is 0 Å². The number of amides is 1. The van der Waals surface area contributed by atoms with Crippen molar-refractivity contribution in [3.8, 4) is 0 Å². The summed E-state index contributed by atoms with van der Waals surface area (Å²) < 4.78 is 69.6. The van der Waals surface area contributed by atoms with Crippen LogP contribution in [0.25, 0.3) is 6.08 Å². The highest BCUT2D eigenvalue weighted by Gasteiger charge is 2.31. The lowest BCUT2D eigenvalue weighted by atomic mass is 10.2. The van der Waals surface area contributed by atoms with Gasteiger partial charge in [-0.2, -0.15) is 13.2 Å². The van der Waals surface area contributed by atoms with Gasteiger partial charge in [0.1, 0.15) is 12.3 Å². The van der Waals surface area contributed by atoms with E-state index in [1.54, 1.807) is 12.1 Å². The van der Waals surface area contributed by atoms with Crippen molar-refractivity contribution in [1.29, 1.82) is 0 Å². The van der Waals surface area contributed by atoms with Crippen molar-refractivity contribution in [3.05, 3.63) is 72.7 Å². The maximum atomic E-state index is 12.5. The van der Waals surface area contributed by atoms with Crippen LogP contribution >= 0.6 is 0 Å². The van der Waals surface area contributed by atoms with Crippen LogP contribution in [-0.4, -0.2) is 38.5 Å². The van der Waals surface area contributed by atoms with Crippen molar-refractivity contribution < 1.29 is 30.8 Å². The normalized spacial score (nSPS) is 12.2. The molecule has 0 bridgehead atoms. The van der Waals surface area contributed by atoms with E-state index in [1.807, 2.05) is 0 Å². The average Bonchev–Trinajstić information content (AvgIpc) is 3.17. The fourth-order valence-electron chi connectivity index (χ4n) is 2.30. The lowest BCUT2D eigenvalue weighted by Crippen LogP contribution is -2.38. The van der Waals surface area contributed by atoms with Gasteiger partial charge in [0.15, 0.2) is 0 Å². The number of carbonyl (C=O) groups is 1. The maximum Gasteiger partial charge on any atom is 0.406 e. The molecule has 0 fully saturated rings. The van der Waals surface area contributed by atoms with E-state index in [1.165, 1.54) is 42.7 Å². The Morgan fingerprint density at radius 1 is 1.21 bits per heavy atom. The van der Waals surface area contributed by atoms with Gasteiger partial charge in [-0.3, -0.25) is 4.79 Å². The number of hydrogen-bond acceptors (Lipinski definition) is 4. The number of benzene rings is 1. The van der Waals surface area contributed by atoms with Crippen LogP contribution in [0, 0.1) is 0 Å². The largest absolute Gasteiger partial charge is 0.468 e. The van der Waals surface area contributed by atoms with Gasteiger partial charge in [0.2, 0.25) is 15.9 Å². The molecule has 2 rings (SSSR count). The van der Waals surface area contributed by atoms with E-state index in [-0.39, 0.29) is 18.0 Å². The van der Waals surface area contributed by atoms with Crippen LogP contribution in [0.15, 0.2) is 70.7 Å². The van der Waals surface area contributed by atoms with Gasteiger partial charge in [-0.1, -0.05) is 18.2 Å². The van der Waals surface area contributed by atoms with Crippen LogP contribution in [0.4, 0.5) is 13.2 Å². The van der Waals surface area contributed by atoms with E-state index < -0.39 is 28.7 Å². The lowest BCUT2D eigenvalue weighted by Gasteiger charge is -2.20. The molecule has 0 spiro atoms. The summed E-state index contributed by atoms with van der Waals surface area (Å²) in [7, 11) is -3.77. The summed E-state index contributed by atoms with van der Waals surface area (Å²) in [5.74, 6) is -0.381. The Hall–Kier alpha value is -2.85. The van der Waals surface area contributed by atoms with Gasteiger partial charge in [0, 0.05) is 12.6 Å². The number of furan rings is 1. The molecule has 0 radical (unpaired) electrons. The molecule has 0 aliphatic heterocycles. The molecule has 156 valence electrons. The molecular formula is C19H19F3N2O4S.